The predicted octanol–water partition coefficient (Wildman–Crippen LogP) is -0.834. The van der Waals surface area contributed by atoms with Crippen molar-refractivity contribution in [1.29, 1.82) is 5.26 Å². The Morgan fingerprint density at radius 2 is 1.94 bits per heavy atom. The zero-order valence-electron chi connectivity index (χ0n) is 9.77. The Hall–Kier alpha value is -1.61. The summed E-state index contributed by atoms with van der Waals surface area (Å²) in [5.41, 5.74) is 5.01. The van der Waals surface area contributed by atoms with Gasteiger partial charge in [-0.25, -0.2) is 0 Å². The number of hydrogen-bond acceptors (Lipinski definition) is 4. The lowest BCUT2D eigenvalue weighted by atomic mass is 10.3. The van der Waals surface area contributed by atoms with Gasteiger partial charge in [-0.1, -0.05) is 0 Å². The second-order valence-electron chi connectivity index (χ2n) is 3.68. The maximum Gasteiger partial charge on any atom is 0.231 e. The van der Waals surface area contributed by atoms with Crippen LogP contribution in [0, 0.1) is 11.3 Å². The van der Waals surface area contributed by atoms with E-state index in [2.05, 4.69) is 0 Å². The third kappa shape index (κ3) is 6.79. The average Bonchev–Trinajstić information content (AvgIpc) is 2.21. The van der Waals surface area contributed by atoms with E-state index in [0.717, 1.165) is 0 Å². The number of nitrogens with zero attached hydrogens (tertiary/aromatic N) is 3. The monoisotopic (exact) mass is 226 g/mol. The zero-order chi connectivity index (χ0) is 12.6. The van der Waals surface area contributed by atoms with Crippen LogP contribution < -0.4 is 5.73 Å². The molecule has 0 unspecified atom stereocenters. The Morgan fingerprint density at radius 3 is 2.44 bits per heavy atom. The number of amides is 2. The van der Waals surface area contributed by atoms with E-state index in [-0.39, 0.29) is 12.5 Å². The first-order valence-electron chi connectivity index (χ1n) is 5.05. The topological polar surface area (TPSA) is 90.4 Å². The lowest BCUT2D eigenvalue weighted by molar-refractivity contribution is -0.130. The van der Waals surface area contributed by atoms with Crippen molar-refractivity contribution in [2.45, 2.75) is 12.8 Å². The summed E-state index contributed by atoms with van der Waals surface area (Å²) in [5, 5.41) is 8.37. The minimum absolute atomic E-state index is 0.0356. The first-order chi connectivity index (χ1) is 7.47. The molecule has 0 fully saturated rings. The van der Waals surface area contributed by atoms with Gasteiger partial charge in [-0.05, 0) is 7.05 Å². The van der Waals surface area contributed by atoms with E-state index in [1.807, 2.05) is 6.07 Å². The van der Waals surface area contributed by atoms with Gasteiger partial charge in [0.2, 0.25) is 11.8 Å². The van der Waals surface area contributed by atoms with Gasteiger partial charge >= 0.3 is 0 Å². The fourth-order valence-corrected chi connectivity index (χ4v) is 1.16. The number of nitriles is 1. The molecule has 0 aromatic heterocycles. The van der Waals surface area contributed by atoms with Crippen LogP contribution in [-0.2, 0) is 9.59 Å². The normalized spacial score (nSPS) is 9.88. The molecule has 0 aromatic rings. The molecule has 90 valence electrons. The molecule has 0 radical (unpaired) electrons. The summed E-state index contributed by atoms with van der Waals surface area (Å²) < 4.78 is 0. The van der Waals surface area contributed by atoms with Crippen molar-refractivity contribution in [2.24, 2.45) is 5.73 Å². The van der Waals surface area contributed by atoms with E-state index in [1.54, 1.807) is 19.0 Å². The van der Waals surface area contributed by atoms with Crippen LogP contribution in [0.5, 0.6) is 0 Å². The Kier molecular flexibility index (Phi) is 6.88. The van der Waals surface area contributed by atoms with E-state index in [1.165, 1.54) is 4.90 Å². The van der Waals surface area contributed by atoms with Crippen LogP contribution >= 0.6 is 0 Å². The van der Waals surface area contributed by atoms with Crippen LogP contribution in [0.1, 0.15) is 12.8 Å². The van der Waals surface area contributed by atoms with Crippen molar-refractivity contribution < 1.29 is 9.59 Å². The maximum absolute atomic E-state index is 11.5. The lowest BCUT2D eigenvalue weighted by Crippen LogP contribution is -2.35. The molecule has 0 aliphatic heterocycles. The smallest absolute Gasteiger partial charge is 0.231 e. The van der Waals surface area contributed by atoms with Gasteiger partial charge < -0.3 is 10.6 Å². The first kappa shape index (κ1) is 14.4. The Labute approximate surface area is 95.6 Å². The van der Waals surface area contributed by atoms with E-state index >= 15 is 0 Å². The molecule has 0 bridgehead atoms. The standard InChI is InChI=1S/C10H18N4O2/c1-13(8-9(12)15)7-4-10(16)14(2)6-3-5-11/h3-4,6-8H2,1-2H3,(H2,12,15). The van der Waals surface area contributed by atoms with Gasteiger partial charge in [0.1, 0.15) is 0 Å². The van der Waals surface area contributed by atoms with Crippen molar-refractivity contribution in [3.05, 3.63) is 0 Å². The quantitative estimate of drug-likeness (QED) is 0.613. The number of nitrogens with two attached hydrogens (primary N) is 1. The molecule has 0 aliphatic carbocycles. The highest BCUT2D eigenvalue weighted by atomic mass is 16.2. The van der Waals surface area contributed by atoms with Crippen molar-refractivity contribution >= 4 is 11.8 Å². The highest BCUT2D eigenvalue weighted by molar-refractivity contribution is 5.77. The van der Waals surface area contributed by atoms with Gasteiger partial charge in [-0.2, -0.15) is 5.26 Å². The molecule has 0 saturated heterocycles. The average molecular weight is 226 g/mol. The van der Waals surface area contributed by atoms with E-state index in [4.69, 9.17) is 11.0 Å². The Morgan fingerprint density at radius 1 is 1.31 bits per heavy atom. The molecule has 6 nitrogen and oxygen atoms in total. The van der Waals surface area contributed by atoms with Crippen LogP contribution in [0.4, 0.5) is 0 Å². The summed E-state index contributed by atoms with van der Waals surface area (Å²) >= 11 is 0. The molecule has 0 heterocycles. The van der Waals surface area contributed by atoms with Crippen LogP contribution in [0.2, 0.25) is 0 Å². The highest BCUT2D eigenvalue weighted by Crippen LogP contribution is 1.94. The van der Waals surface area contributed by atoms with E-state index < -0.39 is 5.91 Å². The molecular weight excluding hydrogens is 208 g/mol. The van der Waals surface area contributed by atoms with Crippen molar-refractivity contribution in [1.82, 2.24) is 9.80 Å². The molecule has 0 aliphatic rings. The molecule has 6 heteroatoms. The maximum atomic E-state index is 11.5. The molecule has 16 heavy (non-hydrogen) atoms. The summed E-state index contributed by atoms with van der Waals surface area (Å²) in [4.78, 5) is 25.3. The van der Waals surface area contributed by atoms with Gasteiger partial charge in [0.25, 0.3) is 0 Å². The fraction of sp³-hybridized carbons (Fsp3) is 0.700. The van der Waals surface area contributed by atoms with Gasteiger partial charge in [0.15, 0.2) is 0 Å². The lowest BCUT2D eigenvalue weighted by Gasteiger charge is -2.18. The number of primary amides is 1. The van der Waals surface area contributed by atoms with Crippen LogP contribution in [0.15, 0.2) is 0 Å². The van der Waals surface area contributed by atoms with Gasteiger partial charge in [-0.3, -0.25) is 14.5 Å². The summed E-state index contributed by atoms with van der Waals surface area (Å²) in [6.45, 7) is 1.07. The third-order valence-electron chi connectivity index (χ3n) is 2.12. The minimum atomic E-state index is -0.409. The van der Waals surface area contributed by atoms with E-state index in [9.17, 15) is 9.59 Å². The molecule has 0 aromatic carbocycles. The molecule has 0 atom stereocenters. The number of carbonyl (C=O) groups excluding carboxylic acids is 2. The predicted molar refractivity (Wildman–Crippen MR) is 59.2 cm³/mol. The Bertz CT molecular complexity index is 285. The summed E-state index contributed by atoms with van der Waals surface area (Å²) in [5.74, 6) is -0.445. The SMILES string of the molecule is CN(CCC(=O)N(C)CCC#N)CC(N)=O. The molecule has 0 spiro atoms. The largest absolute Gasteiger partial charge is 0.369 e. The van der Waals surface area contributed by atoms with Crippen LogP contribution in [0.25, 0.3) is 0 Å². The molecule has 2 amide bonds. The number of rotatable bonds is 7. The third-order valence-corrected chi connectivity index (χ3v) is 2.12. The number of likely N-dealkylation sites (N-methyl/N-ethyl adjacent to an activating group) is 1. The second-order valence-corrected chi connectivity index (χ2v) is 3.68. The summed E-state index contributed by atoms with van der Waals surface area (Å²) in [6.07, 6.45) is 0.658. The van der Waals surface area contributed by atoms with Crippen LogP contribution in [0.3, 0.4) is 0 Å². The van der Waals surface area contributed by atoms with Gasteiger partial charge in [-0.15, -0.1) is 0 Å². The Balaban J connectivity index is 3.80. The number of carbonyl (C=O) groups is 2. The minimum Gasteiger partial charge on any atom is -0.369 e. The second kappa shape index (κ2) is 7.65. The van der Waals surface area contributed by atoms with Crippen molar-refractivity contribution in [3.8, 4) is 6.07 Å². The van der Waals surface area contributed by atoms with Crippen LogP contribution in [-0.4, -0.2) is 55.3 Å². The number of hydrogen-bond donors (Lipinski definition) is 1. The van der Waals surface area contributed by atoms with Crippen molar-refractivity contribution in [2.75, 3.05) is 33.7 Å². The fourth-order valence-electron chi connectivity index (χ4n) is 1.16. The molecule has 0 rings (SSSR count). The first-order valence-corrected chi connectivity index (χ1v) is 5.05. The summed E-state index contributed by atoms with van der Waals surface area (Å²) in [6, 6.07) is 1.98. The van der Waals surface area contributed by atoms with Gasteiger partial charge in [0, 0.05) is 26.6 Å². The molecule has 2 N–H and O–H groups in total. The highest BCUT2D eigenvalue weighted by Gasteiger charge is 2.10. The van der Waals surface area contributed by atoms with E-state index in [0.29, 0.717) is 25.9 Å². The molecular formula is C10H18N4O2. The van der Waals surface area contributed by atoms with Gasteiger partial charge in [0.05, 0.1) is 19.0 Å². The summed E-state index contributed by atoms with van der Waals surface area (Å²) in [7, 11) is 3.39. The molecule has 0 saturated carbocycles. The zero-order valence-corrected chi connectivity index (χ0v) is 9.77. The van der Waals surface area contributed by atoms with Crippen molar-refractivity contribution in [3.63, 3.8) is 0 Å².